The van der Waals surface area contributed by atoms with Crippen LogP contribution in [-0.2, 0) is 27.0 Å². The summed E-state index contributed by atoms with van der Waals surface area (Å²) in [6, 6.07) is 9.16. The molecule has 11 heteroatoms. The van der Waals surface area contributed by atoms with Crippen LogP contribution in [0.3, 0.4) is 0 Å². The molecule has 0 N–H and O–H groups in total. The molecule has 0 aliphatic carbocycles. The zero-order chi connectivity index (χ0) is 25.0. The standard InChI is InChI=1S/C24H23F3N2O5S/c1-32-23(31)29-11-9-28(10-12-29)22(30)7-3-16-2-6-21(19(14-16)24(25,26)27)35-18-4-5-20-17(15-18)8-13-33-34-20/h2-7,14-15H,8-13H2,1H3/b7-3+. The predicted molar refractivity (Wildman–Crippen MR) is 122 cm³/mol. The first kappa shape index (κ1) is 24.9. The first-order chi connectivity index (χ1) is 16.7. The van der Waals surface area contributed by atoms with E-state index in [9.17, 15) is 22.8 Å². The van der Waals surface area contributed by atoms with Crippen LogP contribution >= 0.6 is 11.8 Å². The Bertz CT molecular complexity index is 1130. The van der Waals surface area contributed by atoms with Gasteiger partial charge in [-0.3, -0.25) is 4.79 Å². The van der Waals surface area contributed by atoms with E-state index >= 15 is 0 Å². The normalized spacial score (nSPS) is 16.1. The summed E-state index contributed by atoms with van der Waals surface area (Å²) < 4.78 is 46.2. The van der Waals surface area contributed by atoms with Gasteiger partial charge in [0.2, 0.25) is 5.91 Å². The minimum absolute atomic E-state index is 0.0628. The monoisotopic (exact) mass is 508 g/mol. The summed E-state index contributed by atoms with van der Waals surface area (Å²) in [6.45, 7) is 1.69. The third-order valence-electron chi connectivity index (χ3n) is 5.61. The molecule has 0 aromatic heterocycles. The number of methoxy groups -OCH3 is 1. The quantitative estimate of drug-likeness (QED) is 0.443. The Labute approximate surface area is 204 Å². The minimum atomic E-state index is -4.56. The molecule has 0 spiro atoms. The van der Waals surface area contributed by atoms with Crippen molar-refractivity contribution >= 4 is 29.8 Å². The maximum atomic E-state index is 13.8. The second-order valence-electron chi connectivity index (χ2n) is 7.90. The van der Waals surface area contributed by atoms with Crippen LogP contribution in [0.25, 0.3) is 6.08 Å². The van der Waals surface area contributed by atoms with Crippen LogP contribution < -0.4 is 4.89 Å². The second-order valence-corrected chi connectivity index (χ2v) is 9.01. The second kappa shape index (κ2) is 10.6. The van der Waals surface area contributed by atoms with Crippen LogP contribution in [0.5, 0.6) is 5.75 Å². The van der Waals surface area contributed by atoms with Gasteiger partial charge in [0.15, 0.2) is 5.75 Å². The topological polar surface area (TPSA) is 68.3 Å². The molecule has 0 radical (unpaired) electrons. The largest absolute Gasteiger partial charge is 0.453 e. The van der Waals surface area contributed by atoms with Gasteiger partial charge in [0.25, 0.3) is 0 Å². The van der Waals surface area contributed by atoms with E-state index < -0.39 is 17.8 Å². The Balaban J connectivity index is 1.46. The van der Waals surface area contributed by atoms with Crippen LogP contribution in [0.15, 0.2) is 52.3 Å². The number of halogens is 3. The maximum Gasteiger partial charge on any atom is 0.417 e. The van der Waals surface area contributed by atoms with Crippen LogP contribution in [0.1, 0.15) is 16.7 Å². The fraction of sp³-hybridized carbons (Fsp3) is 0.333. The van der Waals surface area contributed by atoms with Crippen LogP contribution in [0.2, 0.25) is 0 Å². The molecule has 2 heterocycles. The number of carbonyl (C=O) groups excluding carboxylic acids is 2. The van der Waals surface area contributed by atoms with E-state index in [1.54, 1.807) is 24.3 Å². The number of amides is 2. The fourth-order valence-electron chi connectivity index (χ4n) is 3.75. The summed E-state index contributed by atoms with van der Waals surface area (Å²) >= 11 is 1.02. The van der Waals surface area contributed by atoms with Crippen LogP contribution in [-0.4, -0.2) is 61.7 Å². The van der Waals surface area contributed by atoms with Crippen molar-refractivity contribution in [1.29, 1.82) is 0 Å². The fourth-order valence-corrected chi connectivity index (χ4v) is 4.76. The van der Waals surface area contributed by atoms with Gasteiger partial charge in [-0.25, -0.2) is 4.79 Å². The zero-order valence-electron chi connectivity index (χ0n) is 18.8. The van der Waals surface area contributed by atoms with Gasteiger partial charge in [-0.2, -0.15) is 18.1 Å². The van der Waals surface area contributed by atoms with Gasteiger partial charge < -0.3 is 19.4 Å². The van der Waals surface area contributed by atoms with Gasteiger partial charge >= 0.3 is 12.3 Å². The molecule has 4 rings (SSSR count). The summed E-state index contributed by atoms with van der Waals surface area (Å²) in [5.74, 6) is 0.232. The maximum absolute atomic E-state index is 13.8. The Hall–Kier alpha value is -3.18. The average molecular weight is 509 g/mol. The molecule has 1 saturated heterocycles. The molecule has 35 heavy (non-hydrogen) atoms. The first-order valence-corrected chi connectivity index (χ1v) is 11.7. The molecule has 0 bridgehead atoms. The zero-order valence-corrected chi connectivity index (χ0v) is 19.7. The van der Waals surface area contributed by atoms with Gasteiger partial charge in [0.05, 0.1) is 19.3 Å². The first-order valence-electron chi connectivity index (χ1n) is 10.9. The molecule has 2 aromatic rings. The molecule has 2 amide bonds. The molecular weight excluding hydrogens is 485 g/mol. The van der Waals surface area contributed by atoms with Gasteiger partial charge in [0.1, 0.15) is 0 Å². The van der Waals surface area contributed by atoms with Crippen molar-refractivity contribution in [1.82, 2.24) is 9.80 Å². The summed E-state index contributed by atoms with van der Waals surface area (Å²) in [5, 5.41) is 0. The molecule has 7 nitrogen and oxygen atoms in total. The highest BCUT2D eigenvalue weighted by Crippen LogP contribution is 2.41. The van der Waals surface area contributed by atoms with Crippen molar-refractivity contribution in [3.8, 4) is 5.75 Å². The Kier molecular flexibility index (Phi) is 7.56. The number of benzene rings is 2. The lowest BCUT2D eigenvalue weighted by atomic mass is 10.1. The van der Waals surface area contributed by atoms with Crippen LogP contribution in [0.4, 0.5) is 18.0 Å². The van der Waals surface area contributed by atoms with Crippen molar-refractivity contribution in [2.75, 3.05) is 39.9 Å². The van der Waals surface area contributed by atoms with E-state index in [4.69, 9.17) is 9.78 Å². The molecule has 0 unspecified atom stereocenters. The van der Waals surface area contributed by atoms with E-state index in [0.29, 0.717) is 49.9 Å². The molecule has 2 aromatic carbocycles. The Morgan fingerprint density at radius 3 is 2.51 bits per heavy atom. The van der Waals surface area contributed by atoms with Crippen molar-refractivity contribution in [3.05, 3.63) is 59.2 Å². The molecule has 1 fully saturated rings. The minimum Gasteiger partial charge on any atom is -0.453 e. The SMILES string of the molecule is COC(=O)N1CCN(C(=O)/C=C/c2ccc(Sc3ccc4c(c3)CCOO4)c(C(F)(F)F)c2)CC1. The van der Waals surface area contributed by atoms with E-state index in [1.165, 1.54) is 35.1 Å². The third-order valence-corrected chi connectivity index (χ3v) is 6.68. The highest BCUT2D eigenvalue weighted by Gasteiger charge is 2.34. The summed E-state index contributed by atoms with van der Waals surface area (Å²) in [4.78, 5) is 37.8. The summed E-state index contributed by atoms with van der Waals surface area (Å²) in [5.41, 5.74) is 0.362. The van der Waals surface area contributed by atoms with Crippen molar-refractivity contribution in [3.63, 3.8) is 0 Å². The molecule has 2 aliphatic heterocycles. The molecule has 0 atom stereocenters. The third kappa shape index (κ3) is 6.09. The highest BCUT2D eigenvalue weighted by molar-refractivity contribution is 7.99. The van der Waals surface area contributed by atoms with Gasteiger partial charge in [-0.1, -0.05) is 17.8 Å². The summed E-state index contributed by atoms with van der Waals surface area (Å²) in [6.07, 6.45) is -1.78. The van der Waals surface area contributed by atoms with Gasteiger partial charge in [-0.15, -0.1) is 0 Å². The van der Waals surface area contributed by atoms with E-state index in [1.807, 2.05) is 0 Å². The number of hydrogen-bond acceptors (Lipinski definition) is 6. The van der Waals surface area contributed by atoms with Crippen molar-refractivity contribution in [2.24, 2.45) is 0 Å². The van der Waals surface area contributed by atoms with Gasteiger partial charge in [0, 0.05) is 54.0 Å². The number of rotatable bonds is 4. The molecule has 186 valence electrons. The van der Waals surface area contributed by atoms with Gasteiger partial charge in [-0.05, 0) is 42.0 Å². The van der Waals surface area contributed by atoms with E-state index in [2.05, 4.69) is 4.74 Å². The average Bonchev–Trinajstić information content (AvgIpc) is 2.86. The lowest BCUT2D eigenvalue weighted by molar-refractivity contribution is -0.215. The number of alkyl halides is 3. The lowest BCUT2D eigenvalue weighted by Crippen LogP contribution is -2.50. The summed E-state index contributed by atoms with van der Waals surface area (Å²) in [7, 11) is 1.29. The molecule has 0 saturated carbocycles. The number of carbonyl (C=O) groups is 2. The number of fused-ring (bicyclic) bond motifs is 1. The molecular formula is C24H23F3N2O5S. The lowest BCUT2D eigenvalue weighted by Gasteiger charge is -2.33. The number of nitrogens with zero attached hydrogens (tertiary/aromatic N) is 2. The number of piperazine rings is 1. The smallest absolute Gasteiger partial charge is 0.417 e. The highest BCUT2D eigenvalue weighted by atomic mass is 32.2. The van der Waals surface area contributed by atoms with Crippen LogP contribution in [0, 0.1) is 0 Å². The number of hydrogen-bond donors (Lipinski definition) is 0. The van der Waals surface area contributed by atoms with Crippen molar-refractivity contribution in [2.45, 2.75) is 22.4 Å². The Morgan fingerprint density at radius 2 is 1.80 bits per heavy atom. The van der Waals surface area contributed by atoms with E-state index in [0.717, 1.165) is 23.4 Å². The van der Waals surface area contributed by atoms with Crippen molar-refractivity contribution < 1.29 is 37.3 Å². The number of ether oxygens (including phenoxy) is 1. The Morgan fingerprint density at radius 1 is 1.06 bits per heavy atom. The van der Waals surface area contributed by atoms with E-state index in [-0.39, 0.29) is 16.4 Å². The predicted octanol–water partition coefficient (Wildman–Crippen LogP) is 4.65. The molecule has 2 aliphatic rings.